The number of rotatable bonds is 1. The van der Waals surface area contributed by atoms with Crippen molar-refractivity contribution in [3.05, 3.63) is 0 Å². The van der Waals surface area contributed by atoms with Gasteiger partial charge in [-0.05, 0) is 0 Å². The highest BCUT2D eigenvalue weighted by Gasteiger charge is 2.12. The largest absolute Gasteiger partial charge is 0.376 e. The molecule has 1 rings (SSSR count). The highest BCUT2D eigenvalue weighted by molar-refractivity contribution is 4.56. The maximum Gasteiger partial charge on any atom is 0.111 e. The molecule has 0 bridgehead atoms. The summed E-state index contributed by atoms with van der Waals surface area (Å²) in [5, 5.41) is 10.1. The summed E-state index contributed by atoms with van der Waals surface area (Å²) in [4.78, 5) is 0. The van der Waals surface area contributed by atoms with E-state index < -0.39 is 0 Å². The van der Waals surface area contributed by atoms with Gasteiger partial charge in [0.15, 0.2) is 0 Å². The van der Waals surface area contributed by atoms with E-state index in [4.69, 9.17) is 9.47 Å². The lowest BCUT2D eigenvalue weighted by Gasteiger charge is -2.19. The molecule has 0 aromatic rings. The van der Waals surface area contributed by atoms with E-state index in [2.05, 4.69) is 0 Å². The Kier molecular flexibility index (Phi) is 2.27. The fourth-order valence-electron chi connectivity index (χ4n) is 0.633. The normalized spacial score (nSPS) is 30.4. The molecule has 1 heterocycles. The standard InChI is InChI=1S/C5H9O3/c6-3-5-4-7-1-2-8-5/h5H,1-4H2. The van der Waals surface area contributed by atoms with Crippen molar-refractivity contribution in [2.45, 2.75) is 6.10 Å². The molecule has 8 heavy (non-hydrogen) atoms. The molecule has 0 aromatic heterocycles. The van der Waals surface area contributed by atoms with Gasteiger partial charge in [-0.2, -0.15) is 0 Å². The molecule has 0 saturated carbocycles. The molecule has 47 valence electrons. The van der Waals surface area contributed by atoms with Gasteiger partial charge in [0.25, 0.3) is 0 Å². The van der Waals surface area contributed by atoms with Crippen LogP contribution in [0.2, 0.25) is 0 Å². The van der Waals surface area contributed by atoms with Crippen molar-refractivity contribution in [2.24, 2.45) is 0 Å². The fraction of sp³-hybridized carbons (Fsp3) is 1.00. The van der Waals surface area contributed by atoms with Crippen molar-refractivity contribution in [3.63, 3.8) is 0 Å². The first kappa shape index (κ1) is 6.01. The highest BCUT2D eigenvalue weighted by Crippen LogP contribution is 1.97. The van der Waals surface area contributed by atoms with E-state index in [1.165, 1.54) is 0 Å². The predicted molar refractivity (Wildman–Crippen MR) is 26.1 cm³/mol. The number of ether oxygens (including phenoxy) is 2. The molecule has 0 aromatic carbocycles. The van der Waals surface area contributed by atoms with Crippen LogP contribution >= 0.6 is 0 Å². The number of hydrogen-bond donors (Lipinski definition) is 0. The monoisotopic (exact) mass is 117 g/mol. The summed E-state index contributed by atoms with van der Waals surface area (Å²) in [6.45, 7) is 1.51. The zero-order chi connectivity index (χ0) is 5.82. The van der Waals surface area contributed by atoms with Gasteiger partial charge in [-0.1, -0.05) is 0 Å². The first-order valence-corrected chi connectivity index (χ1v) is 2.71. The van der Waals surface area contributed by atoms with Crippen LogP contribution in [0.25, 0.3) is 0 Å². The lowest BCUT2D eigenvalue weighted by Crippen LogP contribution is -2.30. The molecule has 0 spiro atoms. The first-order valence-electron chi connectivity index (χ1n) is 2.71. The Morgan fingerprint density at radius 1 is 1.50 bits per heavy atom. The Labute approximate surface area is 48.2 Å². The van der Waals surface area contributed by atoms with Gasteiger partial charge in [0.2, 0.25) is 0 Å². The molecule has 3 heteroatoms. The molecule has 1 aliphatic heterocycles. The minimum absolute atomic E-state index is 0.181. The van der Waals surface area contributed by atoms with Gasteiger partial charge in [-0.3, -0.25) is 0 Å². The molecule has 1 atom stereocenters. The van der Waals surface area contributed by atoms with Crippen molar-refractivity contribution >= 4 is 0 Å². The first-order chi connectivity index (χ1) is 3.93. The second-order valence-electron chi connectivity index (χ2n) is 1.73. The van der Waals surface area contributed by atoms with Gasteiger partial charge in [-0.15, -0.1) is 0 Å². The third-order valence-corrected chi connectivity index (χ3v) is 1.07. The Morgan fingerprint density at radius 3 is 2.75 bits per heavy atom. The Bertz CT molecular complexity index is 58.7. The second-order valence-corrected chi connectivity index (χ2v) is 1.73. The SMILES string of the molecule is [O]CC1COCCO1. The van der Waals surface area contributed by atoms with Crippen LogP contribution in [0.15, 0.2) is 0 Å². The van der Waals surface area contributed by atoms with E-state index in [0.29, 0.717) is 19.8 Å². The van der Waals surface area contributed by atoms with Crippen LogP contribution in [0, 0.1) is 0 Å². The van der Waals surface area contributed by atoms with Gasteiger partial charge < -0.3 is 9.47 Å². The van der Waals surface area contributed by atoms with Gasteiger partial charge >= 0.3 is 0 Å². The van der Waals surface area contributed by atoms with Gasteiger partial charge in [0.05, 0.1) is 19.8 Å². The van der Waals surface area contributed by atoms with Crippen molar-refractivity contribution in [1.82, 2.24) is 0 Å². The average molecular weight is 117 g/mol. The minimum atomic E-state index is -0.191. The second kappa shape index (κ2) is 3.02. The molecule has 0 aliphatic carbocycles. The molecule has 0 amide bonds. The van der Waals surface area contributed by atoms with E-state index in [9.17, 15) is 5.11 Å². The van der Waals surface area contributed by atoms with Crippen LogP contribution < -0.4 is 0 Å². The van der Waals surface area contributed by atoms with Gasteiger partial charge in [-0.25, -0.2) is 5.11 Å². The maximum absolute atomic E-state index is 10.1. The third-order valence-electron chi connectivity index (χ3n) is 1.07. The van der Waals surface area contributed by atoms with Crippen LogP contribution in [0.5, 0.6) is 0 Å². The summed E-state index contributed by atoms with van der Waals surface area (Å²) in [5.41, 5.74) is 0. The topological polar surface area (TPSA) is 38.4 Å². The maximum atomic E-state index is 10.1. The molecule has 1 saturated heterocycles. The Balaban J connectivity index is 2.13. The van der Waals surface area contributed by atoms with E-state index in [0.717, 1.165) is 0 Å². The molecular weight excluding hydrogens is 108 g/mol. The summed E-state index contributed by atoms with van der Waals surface area (Å²) in [7, 11) is 0. The zero-order valence-electron chi connectivity index (χ0n) is 4.63. The molecule has 1 unspecified atom stereocenters. The van der Waals surface area contributed by atoms with E-state index in [-0.39, 0.29) is 12.7 Å². The van der Waals surface area contributed by atoms with Crippen LogP contribution in [0.1, 0.15) is 0 Å². The van der Waals surface area contributed by atoms with Crippen molar-refractivity contribution in [3.8, 4) is 0 Å². The van der Waals surface area contributed by atoms with E-state index >= 15 is 0 Å². The third kappa shape index (κ3) is 1.43. The summed E-state index contributed by atoms with van der Waals surface area (Å²) in [6, 6.07) is 0. The lowest BCUT2D eigenvalue weighted by atomic mass is 10.4. The smallest absolute Gasteiger partial charge is 0.111 e. The Hall–Kier alpha value is -0.120. The summed E-state index contributed by atoms with van der Waals surface area (Å²) >= 11 is 0. The van der Waals surface area contributed by atoms with E-state index in [1.54, 1.807) is 0 Å². The van der Waals surface area contributed by atoms with Crippen LogP contribution in [0.4, 0.5) is 0 Å². The van der Waals surface area contributed by atoms with Crippen molar-refractivity contribution < 1.29 is 14.6 Å². The highest BCUT2D eigenvalue weighted by atomic mass is 16.6. The van der Waals surface area contributed by atoms with Crippen LogP contribution in [0.3, 0.4) is 0 Å². The number of hydrogen-bond acceptors (Lipinski definition) is 2. The van der Waals surface area contributed by atoms with Crippen LogP contribution in [-0.4, -0.2) is 32.5 Å². The van der Waals surface area contributed by atoms with Crippen molar-refractivity contribution in [2.75, 3.05) is 26.4 Å². The lowest BCUT2D eigenvalue weighted by molar-refractivity contribution is -0.114. The minimum Gasteiger partial charge on any atom is -0.376 e. The molecule has 0 N–H and O–H groups in total. The zero-order valence-corrected chi connectivity index (χ0v) is 4.63. The fourth-order valence-corrected chi connectivity index (χ4v) is 0.633. The van der Waals surface area contributed by atoms with E-state index in [1.807, 2.05) is 0 Å². The van der Waals surface area contributed by atoms with Gasteiger partial charge in [0.1, 0.15) is 12.7 Å². The van der Waals surface area contributed by atoms with Gasteiger partial charge in [0, 0.05) is 0 Å². The average Bonchev–Trinajstić information content (AvgIpc) is 1.90. The molecule has 1 aliphatic rings. The predicted octanol–water partition coefficient (Wildman–Crippen LogP) is -0.168. The Morgan fingerprint density at radius 2 is 2.38 bits per heavy atom. The molecule has 1 fully saturated rings. The van der Waals surface area contributed by atoms with Crippen molar-refractivity contribution in [1.29, 1.82) is 0 Å². The summed E-state index contributed by atoms with van der Waals surface area (Å²) < 4.78 is 9.94. The van der Waals surface area contributed by atoms with Crippen LogP contribution in [-0.2, 0) is 14.6 Å². The summed E-state index contributed by atoms with van der Waals surface area (Å²) in [5.74, 6) is 0. The quantitative estimate of drug-likeness (QED) is 0.478. The molecule has 1 radical (unpaired) electrons. The summed E-state index contributed by atoms with van der Waals surface area (Å²) in [6.07, 6.45) is -0.191. The molecule has 3 nitrogen and oxygen atoms in total. The molecular formula is C5H9O3.